The van der Waals surface area contributed by atoms with Crippen molar-refractivity contribution in [3.63, 3.8) is 0 Å². The Hall–Kier alpha value is -2.11. The molecule has 5 nitrogen and oxygen atoms in total. The summed E-state index contributed by atoms with van der Waals surface area (Å²) in [7, 11) is 0. The standard InChI is InChI=1S/C22H27F3N2O3.C2H6.CH4/c1-13(2)19(4)8-9-20(5)21(19,30-20)14(3)18(29)27(12-28)16-7-6-15(11-26)17(10-16)22(23,24)25;1-2;/h6-7,10,13-14,28H,8-9,12H2,1-5H3;1-2H3;1H4. The summed E-state index contributed by atoms with van der Waals surface area (Å²) in [5.41, 5.74) is -3.27. The number of benzene rings is 1. The lowest BCUT2D eigenvalue weighted by Gasteiger charge is -2.40. The molecule has 3 rings (SSSR count). The van der Waals surface area contributed by atoms with Crippen LogP contribution in [0.2, 0.25) is 0 Å². The monoisotopic (exact) mass is 470 g/mol. The van der Waals surface area contributed by atoms with Crippen LogP contribution in [-0.4, -0.2) is 28.9 Å². The molecule has 1 amide bonds. The minimum absolute atomic E-state index is 0. The highest BCUT2D eigenvalue weighted by molar-refractivity contribution is 5.96. The van der Waals surface area contributed by atoms with E-state index in [1.165, 1.54) is 12.1 Å². The number of epoxide rings is 1. The van der Waals surface area contributed by atoms with Crippen LogP contribution >= 0.6 is 0 Å². The molecule has 0 spiro atoms. The zero-order chi connectivity index (χ0) is 24.7. The number of aliphatic hydroxyl groups excluding tert-OH is 1. The zero-order valence-corrected chi connectivity index (χ0v) is 19.8. The summed E-state index contributed by atoms with van der Waals surface area (Å²) in [5.74, 6) is -0.950. The number of carbonyl (C=O) groups excluding carboxylic acids is 1. The molecular formula is C25H37F3N2O3. The first-order chi connectivity index (χ1) is 14.8. The first kappa shape index (κ1) is 28.9. The fraction of sp³-hybridized carbons (Fsp3) is 0.680. The molecule has 33 heavy (non-hydrogen) atoms. The molecule has 1 aromatic rings. The molecular weight excluding hydrogens is 433 g/mol. The summed E-state index contributed by atoms with van der Waals surface area (Å²) in [6.07, 6.45) is -3.07. The molecule has 2 fully saturated rings. The molecule has 4 atom stereocenters. The quantitative estimate of drug-likeness (QED) is 0.414. The highest BCUT2D eigenvalue weighted by Gasteiger charge is 2.81. The topological polar surface area (TPSA) is 76.9 Å². The lowest BCUT2D eigenvalue weighted by atomic mass is 9.64. The number of ether oxygens (including phenoxy) is 1. The Morgan fingerprint density at radius 1 is 1.24 bits per heavy atom. The van der Waals surface area contributed by atoms with Crippen molar-refractivity contribution >= 4 is 11.6 Å². The number of carbonyl (C=O) groups is 1. The summed E-state index contributed by atoms with van der Waals surface area (Å²) in [6.45, 7) is 13.1. The number of hydrogen-bond donors (Lipinski definition) is 1. The Bertz CT molecular complexity index is 911. The van der Waals surface area contributed by atoms with E-state index in [0.29, 0.717) is 0 Å². The van der Waals surface area contributed by atoms with Gasteiger partial charge in [0.25, 0.3) is 0 Å². The molecule has 0 radical (unpaired) electrons. The van der Waals surface area contributed by atoms with Crippen LogP contribution in [0.15, 0.2) is 18.2 Å². The predicted molar refractivity (Wildman–Crippen MR) is 122 cm³/mol. The minimum atomic E-state index is -4.75. The summed E-state index contributed by atoms with van der Waals surface area (Å²) >= 11 is 0. The molecule has 8 heteroatoms. The molecule has 1 N–H and O–H groups in total. The maximum atomic E-state index is 13.4. The number of fused-ring (bicyclic) bond motifs is 1. The maximum absolute atomic E-state index is 13.4. The molecule has 2 aliphatic rings. The molecule has 4 unspecified atom stereocenters. The minimum Gasteiger partial charge on any atom is -0.376 e. The largest absolute Gasteiger partial charge is 0.417 e. The van der Waals surface area contributed by atoms with E-state index in [4.69, 9.17) is 10.00 Å². The van der Waals surface area contributed by atoms with E-state index < -0.39 is 47.1 Å². The van der Waals surface area contributed by atoms with Gasteiger partial charge >= 0.3 is 6.18 Å². The van der Waals surface area contributed by atoms with Crippen LogP contribution in [0.4, 0.5) is 18.9 Å². The van der Waals surface area contributed by atoms with Gasteiger partial charge < -0.3 is 9.84 Å². The van der Waals surface area contributed by atoms with E-state index >= 15 is 0 Å². The molecule has 1 saturated heterocycles. The van der Waals surface area contributed by atoms with E-state index in [0.717, 1.165) is 29.9 Å². The lowest BCUT2D eigenvalue weighted by molar-refractivity contribution is -0.138. The first-order valence-corrected chi connectivity index (χ1v) is 11.0. The molecule has 1 aliphatic carbocycles. The summed E-state index contributed by atoms with van der Waals surface area (Å²) < 4.78 is 46.3. The van der Waals surface area contributed by atoms with Crippen molar-refractivity contribution in [1.82, 2.24) is 0 Å². The van der Waals surface area contributed by atoms with Gasteiger partial charge in [0.15, 0.2) is 0 Å². The number of rotatable bonds is 5. The highest BCUT2D eigenvalue weighted by atomic mass is 19.4. The van der Waals surface area contributed by atoms with Gasteiger partial charge in [0.1, 0.15) is 12.3 Å². The van der Waals surface area contributed by atoms with Gasteiger partial charge in [0.05, 0.1) is 28.7 Å². The number of aliphatic hydroxyl groups is 1. The van der Waals surface area contributed by atoms with E-state index in [1.807, 2.05) is 20.8 Å². The second-order valence-electron chi connectivity index (χ2n) is 9.11. The van der Waals surface area contributed by atoms with Gasteiger partial charge in [-0.3, -0.25) is 9.69 Å². The number of nitrogens with zero attached hydrogens (tertiary/aromatic N) is 2. The van der Waals surface area contributed by atoms with Crippen molar-refractivity contribution < 1.29 is 27.8 Å². The third kappa shape index (κ3) is 4.26. The van der Waals surface area contributed by atoms with Crippen LogP contribution < -0.4 is 4.90 Å². The van der Waals surface area contributed by atoms with Gasteiger partial charge in [-0.1, -0.05) is 49.0 Å². The molecule has 1 saturated carbocycles. The average Bonchev–Trinajstić information content (AvgIpc) is 3.32. The normalized spacial score (nSPS) is 28.6. The Balaban J connectivity index is 0.00000177. The van der Waals surface area contributed by atoms with Crippen LogP contribution in [0.5, 0.6) is 0 Å². The Kier molecular flexibility index (Phi) is 8.44. The number of anilines is 1. The average molecular weight is 471 g/mol. The molecule has 1 aliphatic heterocycles. The van der Waals surface area contributed by atoms with Gasteiger partial charge in [-0.15, -0.1) is 0 Å². The van der Waals surface area contributed by atoms with Gasteiger partial charge in [-0.2, -0.15) is 18.4 Å². The van der Waals surface area contributed by atoms with Crippen LogP contribution in [0, 0.1) is 28.6 Å². The number of hydrogen-bond acceptors (Lipinski definition) is 4. The molecule has 1 aromatic carbocycles. The van der Waals surface area contributed by atoms with Crippen molar-refractivity contribution in [2.24, 2.45) is 17.3 Å². The van der Waals surface area contributed by atoms with Crippen molar-refractivity contribution in [1.29, 1.82) is 5.26 Å². The van der Waals surface area contributed by atoms with Crippen LogP contribution in [0.3, 0.4) is 0 Å². The highest BCUT2D eigenvalue weighted by Crippen LogP contribution is 2.73. The van der Waals surface area contributed by atoms with E-state index in [2.05, 4.69) is 20.8 Å². The maximum Gasteiger partial charge on any atom is 0.417 e. The number of amides is 1. The predicted octanol–water partition coefficient (Wildman–Crippen LogP) is 6.14. The van der Waals surface area contributed by atoms with Crippen LogP contribution in [-0.2, 0) is 15.7 Å². The third-order valence-corrected chi connectivity index (χ3v) is 7.50. The van der Waals surface area contributed by atoms with Gasteiger partial charge in [-0.05, 0) is 43.9 Å². The zero-order valence-electron chi connectivity index (χ0n) is 19.8. The third-order valence-electron chi connectivity index (χ3n) is 7.50. The van der Waals surface area contributed by atoms with Crippen LogP contribution in [0.25, 0.3) is 0 Å². The summed E-state index contributed by atoms with van der Waals surface area (Å²) in [4.78, 5) is 14.3. The van der Waals surface area contributed by atoms with Crippen LogP contribution in [0.1, 0.15) is 79.9 Å². The van der Waals surface area contributed by atoms with Gasteiger partial charge in [-0.25, -0.2) is 0 Å². The summed E-state index contributed by atoms with van der Waals surface area (Å²) in [5, 5.41) is 18.9. The van der Waals surface area contributed by atoms with E-state index in [9.17, 15) is 23.1 Å². The first-order valence-electron chi connectivity index (χ1n) is 11.0. The SMILES string of the molecule is C.CC.CC(C)C1(C)CCC2(C)OC21C(C)C(=O)N(CO)c1ccc(C#N)c(C(F)(F)F)c1. The van der Waals surface area contributed by atoms with Crippen molar-refractivity contribution in [3.8, 4) is 6.07 Å². The second kappa shape index (κ2) is 9.63. The molecule has 0 aromatic heterocycles. The molecule has 186 valence electrons. The smallest absolute Gasteiger partial charge is 0.376 e. The van der Waals surface area contributed by atoms with Crippen molar-refractivity contribution in [3.05, 3.63) is 29.3 Å². The fourth-order valence-electron chi connectivity index (χ4n) is 5.45. The number of nitriles is 1. The Morgan fingerprint density at radius 2 is 1.82 bits per heavy atom. The summed E-state index contributed by atoms with van der Waals surface area (Å²) in [6, 6.07) is 4.52. The number of alkyl halides is 3. The second-order valence-corrected chi connectivity index (χ2v) is 9.11. The van der Waals surface area contributed by atoms with Gasteiger partial charge in [0, 0.05) is 11.1 Å². The number of halogens is 3. The Morgan fingerprint density at radius 3 is 2.24 bits per heavy atom. The van der Waals surface area contributed by atoms with Crippen molar-refractivity contribution in [2.45, 2.75) is 86.1 Å². The van der Waals surface area contributed by atoms with Gasteiger partial charge in [0.2, 0.25) is 5.91 Å². The lowest BCUT2D eigenvalue weighted by Crippen LogP contribution is -2.51. The molecule has 0 bridgehead atoms. The van der Waals surface area contributed by atoms with Crippen molar-refractivity contribution in [2.75, 3.05) is 11.6 Å². The van der Waals surface area contributed by atoms with E-state index in [1.54, 1.807) is 6.92 Å². The fourth-order valence-corrected chi connectivity index (χ4v) is 5.45. The molecule has 1 heterocycles. The Labute approximate surface area is 195 Å². The van der Waals surface area contributed by atoms with E-state index in [-0.39, 0.29) is 24.4 Å².